The molecule has 0 spiro atoms. The average molecular weight is 517 g/mol. The highest BCUT2D eigenvalue weighted by molar-refractivity contribution is 5.94. The van der Waals surface area contributed by atoms with E-state index in [0.29, 0.717) is 47.6 Å². The van der Waals surface area contributed by atoms with Crippen LogP contribution in [0.5, 0.6) is 0 Å². The van der Waals surface area contributed by atoms with Crippen LogP contribution in [-0.4, -0.2) is 60.8 Å². The lowest BCUT2D eigenvalue weighted by Crippen LogP contribution is -2.38. The summed E-state index contributed by atoms with van der Waals surface area (Å²) in [4.78, 5) is 49.0. The summed E-state index contributed by atoms with van der Waals surface area (Å²) in [7, 11) is 0. The molecule has 2 unspecified atom stereocenters. The second-order valence-electron chi connectivity index (χ2n) is 9.80. The van der Waals surface area contributed by atoms with Gasteiger partial charge >= 0.3 is 0 Å². The molecule has 1 saturated heterocycles. The van der Waals surface area contributed by atoms with Crippen molar-refractivity contribution in [3.05, 3.63) is 96.4 Å². The third kappa shape index (κ3) is 4.46. The van der Waals surface area contributed by atoms with E-state index >= 15 is 0 Å². The van der Waals surface area contributed by atoms with Gasteiger partial charge in [0.25, 0.3) is 11.8 Å². The predicted octanol–water partition coefficient (Wildman–Crippen LogP) is 3.66. The van der Waals surface area contributed by atoms with Crippen LogP contribution in [0.25, 0.3) is 22.6 Å². The van der Waals surface area contributed by atoms with Gasteiger partial charge in [0.15, 0.2) is 5.82 Å². The van der Waals surface area contributed by atoms with E-state index in [1.807, 2.05) is 59.5 Å². The standard InChI is InChI=1S/C29H24N8O2/c38-28(22-10-6-13-25(32-22)35-24-12-3-4-14-30-24)36-26-17-15-37(16-18(17)26)29(39)23-11-5-9-21(31-23)27-33-19-7-1-2-8-20(19)34-27/h1-14,17-18,26H,15-16H2,(H,33,34)(H,36,38)(H,30,32,35). The number of hydrogen-bond acceptors (Lipinski definition) is 7. The molecule has 10 nitrogen and oxygen atoms in total. The Bertz CT molecular complexity index is 1660. The SMILES string of the molecule is O=C(NC1C2CN(C(=O)c3cccc(-c4nc5ccccc5[nH]4)n3)CC21)c1cccc(Nc2ccccn2)n1. The van der Waals surface area contributed by atoms with Gasteiger partial charge in [-0.2, -0.15) is 0 Å². The molecule has 2 fully saturated rings. The van der Waals surface area contributed by atoms with Gasteiger partial charge in [-0.05, 0) is 48.5 Å². The molecule has 192 valence electrons. The Kier molecular flexibility index (Phi) is 5.50. The molecule has 1 aliphatic carbocycles. The molecule has 3 N–H and O–H groups in total. The summed E-state index contributed by atoms with van der Waals surface area (Å²) in [5.74, 6) is 1.95. The summed E-state index contributed by atoms with van der Waals surface area (Å²) in [6.45, 7) is 1.17. The Hall–Kier alpha value is -5.12. The number of piperidine rings is 1. The highest BCUT2D eigenvalue weighted by Gasteiger charge is 2.57. The lowest BCUT2D eigenvalue weighted by molar-refractivity contribution is 0.0763. The molecule has 2 aliphatic rings. The van der Waals surface area contributed by atoms with Gasteiger partial charge in [-0.1, -0.05) is 30.3 Å². The van der Waals surface area contributed by atoms with Crippen LogP contribution >= 0.6 is 0 Å². The van der Waals surface area contributed by atoms with E-state index in [2.05, 4.69) is 35.6 Å². The number of imidazole rings is 1. The molecule has 0 radical (unpaired) electrons. The molecule has 4 aromatic heterocycles. The zero-order valence-electron chi connectivity index (χ0n) is 20.8. The number of hydrogen-bond donors (Lipinski definition) is 3. The van der Waals surface area contributed by atoms with Crippen LogP contribution in [0.3, 0.4) is 0 Å². The van der Waals surface area contributed by atoms with Crippen molar-refractivity contribution in [1.29, 1.82) is 0 Å². The van der Waals surface area contributed by atoms with Gasteiger partial charge in [0.05, 0.1) is 11.0 Å². The van der Waals surface area contributed by atoms with Gasteiger partial charge in [-0.3, -0.25) is 9.59 Å². The number of aromatic amines is 1. The van der Waals surface area contributed by atoms with Crippen molar-refractivity contribution in [3.8, 4) is 11.5 Å². The summed E-state index contributed by atoms with van der Waals surface area (Å²) in [5.41, 5.74) is 3.12. The third-order valence-electron chi connectivity index (χ3n) is 7.28. The number of likely N-dealkylation sites (tertiary alicyclic amines) is 1. The van der Waals surface area contributed by atoms with Gasteiger partial charge in [0.1, 0.15) is 28.7 Å². The van der Waals surface area contributed by atoms with Crippen LogP contribution in [0, 0.1) is 11.8 Å². The van der Waals surface area contributed by atoms with Crippen LogP contribution in [-0.2, 0) is 0 Å². The summed E-state index contributed by atoms with van der Waals surface area (Å²) < 4.78 is 0. The van der Waals surface area contributed by atoms with E-state index in [4.69, 9.17) is 0 Å². The summed E-state index contributed by atoms with van der Waals surface area (Å²) in [6, 6.07) is 24.0. The van der Waals surface area contributed by atoms with Crippen molar-refractivity contribution in [2.24, 2.45) is 11.8 Å². The van der Waals surface area contributed by atoms with E-state index in [0.717, 1.165) is 11.0 Å². The molecule has 1 aromatic carbocycles. The number of nitrogens with one attached hydrogen (secondary N) is 3. The van der Waals surface area contributed by atoms with E-state index in [9.17, 15) is 9.59 Å². The quantitative estimate of drug-likeness (QED) is 0.314. The van der Waals surface area contributed by atoms with Crippen LogP contribution in [0.1, 0.15) is 21.0 Å². The van der Waals surface area contributed by atoms with Crippen molar-refractivity contribution in [1.82, 2.24) is 35.1 Å². The number of fused-ring (bicyclic) bond motifs is 2. The Balaban J connectivity index is 0.975. The first-order chi connectivity index (χ1) is 19.1. The molecule has 10 heteroatoms. The summed E-state index contributed by atoms with van der Waals surface area (Å²) in [5, 5.41) is 6.20. The highest BCUT2D eigenvalue weighted by atomic mass is 16.2. The number of carbonyl (C=O) groups excluding carboxylic acids is 2. The zero-order valence-corrected chi connectivity index (χ0v) is 20.8. The van der Waals surface area contributed by atoms with Crippen LogP contribution in [0.15, 0.2) is 85.1 Å². The molecule has 39 heavy (non-hydrogen) atoms. The smallest absolute Gasteiger partial charge is 0.272 e. The van der Waals surface area contributed by atoms with Crippen LogP contribution < -0.4 is 10.6 Å². The normalized spacial score (nSPS) is 19.5. The number of rotatable bonds is 6. The monoisotopic (exact) mass is 516 g/mol. The summed E-state index contributed by atoms with van der Waals surface area (Å²) in [6.07, 6.45) is 1.69. The van der Waals surface area contributed by atoms with E-state index in [1.165, 1.54) is 0 Å². The number of anilines is 2. The predicted molar refractivity (Wildman–Crippen MR) is 145 cm³/mol. The Morgan fingerprint density at radius 2 is 1.56 bits per heavy atom. The van der Waals surface area contributed by atoms with Gasteiger partial charge < -0.3 is 20.5 Å². The van der Waals surface area contributed by atoms with Gasteiger partial charge in [0.2, 0.25) is 0 Å². The lowest BCUT2D eigenvalue weighted by atomic mass is 10.2. The second kappa shape index (κ2) is 9.32. The number of amides is 2. The van der Waals surface area contributed by atoms with Gasteiger partial charge in [-0.25, -0.2) is 19.9 Å². The topological polar surface area (TPSA) is 129 Å². The fourth-order valence-electron chi connectivity index (χ4n) is 5.25. The number of para-hydroxylation sites is 2. The maximum Gasteiger partial charge on any atom is 0.272 e. The molecule has 2 atom stereocenters. The minimum Gasteiger partial charge on any atom is -0.347 e. The van der Waals surface area contributed by atoms with E-state index < -0.39 is 0 Å². The Morgan fingerprint density at radius 1 is 0.795 bits per heavy atom. The fraction of sp³-hybridized carbons (Fsp3) is 0.172. The molecule has 1 saturated carbocycles. The van der Waals surface area contributed by atoms with Gasteiger partial charge in [0, 0.05) is 37.2 Å². The number of aromatic nitrogens is 5. The maximum atomic E-state index is 13.2. The van der Waals surface area contributed by atoms with Crippen LogP contribution in [0.4, 0.5) is 11.6 Å². The number of benzene rings is 1. The molecule has 0 bridgehead atoms. The molecule has 2 amide bonds. The van der Waals surface area contributed by atoms with E-state index in [-0.39, 0.29) is 29.7 Å². The Morgan fingerprint density at radius 3 is 2.38 bits per heavy atom. The third-order valence-corrected chi connectivity index (χ3v) is 7.28. The largest absolute Gasteiger partial charge is 0.347 e. The Labute approximate surface area is 223 Å². The maximum absolute atomic E-state index is 13.2. The van der Waals surface area contributed by atoms with Crippen LogP contribution in [0.2, 0.25) is 0 Å². The van der Waals surface area contributed by atoms with Crippen molar-refractivity contribution in [2.45, 2.75) is 6.04 Å². The molecule has 5 heterocycles. The molecule has 7 rings (SSSR count). The zero-order chi connectivity index (χ0) is 26.3. The first kappa shape index (κ1) is 23.0. The number of H-pyrrole nitrogens is 1. The highest BCUT2D eigenvalue weighted by Crippen LogP contribution is 2.46. The number of carbonyl (C=O) groups is 2. The molecular formula is C29H24N8O2. The average Bonchev–Trinajstić information content (AvgIpc) is 3.31. The van der Waals surface area contributed by atoms with Crippen molar-refractivity contribution in [3.63, 3.8) is 0 Å². The van der Waals surface area contributed by atoms with Crippen molar-refractivity contribution < 1.29 is 9.59 Å². The first-order valence-corrected chi connectivity index (χ1v) is 12.8. The summed E-state index contributed by atoms with van der Waals surface area (Å²) >= 11 is 0. The van der Waals surface area contributed by atoms with Gasteiger partial charge in [-0.15, -0.1) is 0 Å². The molecule has 1 aliphatic heterocycles. The van der Waals surface area contributed by atoms with Crippen molar-refractivity contribution in [2.75, 3.05) is 18.4 Å². The minimum atomic E-state index is -0.225. The fourth-order valence-corrected chi connectivity index (χ4v) is 5.25. The first-order valence-electron chi connectivity index (χ1n) is 12.8. The minimum absolute atomic E-state index is 0.0330. The number of pyridine rings is 3. The van der Waals surface area contributed by atoms with Crippen molar-refractivity contribution >= 4 is 34.5 Å². The second-order valence-corrected chi connectivity index (χ2v) is 9.80. The number of nitrogens with zero attached hydrogens (tertiary/aromatic N) is 5. The lowest BCUT2D eigenvalue weighted by Gasteiger charge is -2.20. The van der Waals surface area contributed by atoms with E-state index in [1.54, 1.807) is 30.5 Å². The molecule has 5 aromatic rings. The molecular weight excluding hydrogens is 492 g/mol.